The molecular weight excluding hydrogens is 453 g/mol. The fraction of sp³-hybridized carbons (Fsp3) is 0.500. The van der Waals surface area contributed by atoms with Crippen molar-refractivity contribution in [3.8, 4) is 5.75 Å². The average molecular weight is 486 g/mol. The predicted octanol–water partition coefficient (Wildman–Crippen LogP) is 2.74. The molecule has 0 saturated carbocycles. The minimum Gasteiger partial charge on any atom is -0.410 e. The molecule has 0 spiro atoms. The van der Waals surface area contributed by atoms with Gasteiger partial charge in [0.05, 0.1) is 6.04 Å². The van der Waals surface area contributed by atoms with Crippen molar-refractivity contribution in [3.05, 3.63) is 42.7 Å². The van der Waals surface area contributed by atoms with Gasteiger partial charge in [-0.2, -0.15) is 0 Å². The van der Waals surface area contributed by atoms with E-state index in [9.17, 15) is 14.0 Å². The Kier molecular flexibility index (Phi) is 7.96. The number of anilines is 2. The number of nitrogens with zero attached hydrogens (tertiary/aromatic N) is 5. The molecule has 3 atom stereocenters. The summed E-state index contributed by atoms with van der Waals surface area (Å²) in [5.41, 5.74) is 0. The highest BCUT2D eigenvalue weighted by molar-refractivity contribution is 5.88. The zero-order valence-electron chi connectivity index (χ0n) is 20.1. The molecule has 0 unspecified atom stereocenters. The summed E-state index contributed by atoms with van der Waals surface area (Å²) in [6, 6.07) is 7.40. The number of likely N-dealkylation sites (N-methyl/N-ethyl adjacent to an activating group) is 2. The minimum atomic E-state index is -1.18. The van der Waals surface area contributed by atoms with Gasteiger partial charge in [0.15, 0.2) is 0 Å². The summed E-state index contributed by atoms with van der Waals surface area (Å²) in [6.45, 7) is 2.50. The number of amides is 3. The number of rotatable bonds is 5. The second-order valence-electron chi connectivity index (χ2n) is 9.06. The fourth-order valence-electron chi connectivity index (χ4n) is 4.48. The van der Waals surface area contributed by atoms with Crippen LogP contribution in [0.4, 0.5) is 25.6 Å². The number of carbonyl (C=O) groups excluding carboxylic acids is 2. The molecule has 2 aliphatic rings. The lowest BCUT2D eigenvalue weighted by Gasteiger charge is -2.40. The van der Waals surface area contributed by atoms with Crippen LogP contribution < -0.4 is 20.3 Å². The average Bonchev–Trinajstić information content (AvgIpc) is 2.84. The quantitative estimate of drug-likeness (QED) is 0.671. The lowest BCUT2D eigenvalue weighted by Crippen LogP contribution is -2.55. The largest absolute Gasteiger partial charge is 0.412 e. The highest BCUT2D eigenvalue weighted by Gasteiger charge is 2.35. The molecule has 2 aliphatic heterocycles. The van der Waals surface area contributed by atoms with E-state index in [4.69, 9.17) is 4.74 Å². The van der Waals surface area contributed by atoms with Crippen LogP contribution in [-0.2, 0) is 0 Å². The van der Waals surface area contributed by atoms with Crippen LogP contribution in [0.15, 0.2) is 42.7 Å². The number of likely N-dealkylation sites (tertiary alicyclic amines) is 1. The molecular formula is C24H32FN7O3. The van der Waals surface area contributed by atoms with Gasteiger partial charge in [0.25, 0.3) is 0 Å². The van der Waals surface area contributed by atoms with Crippen LogP contribution in [-0.4, -0.2) is 90.4 Å². The van der Waals surface area contributed by atoms with Crippen molar-refractivity contribution in [2.45, 2.75) is 37.5 Å². The molecule has 0 aromatic carbocycles. The van der Waals surface area contributed by atoms with Gasteiger partial charge in [-0.3, -0.25) is 5.32 Å². The lowest BCUT2D eigenvalue weighted by atomic mass is 10.0. The zero-order chi connectivity index (χ0) is 24.8. The Bertz CT molecular complexity index is 1010. The van der Waals surface area contributed by atoms with Crippen molar-refractivity contribution in [1.82, 2.24) is 25.1 Å². The van der Waals surface area contributed by atoms with E-state index in [1.165, 1.54) is 4.90 Å². The van der Waals surface area contributed by atoms with Crippen LogP contribution in [0.2, 0.25) is 0 Å². The summed E-state index contributed by atoms with van der Waals surface area (Å²) < 4.78 is 20.3. The number of alkyl halides is 1. The number of hydrogen-bond acceptors (Lipinski definition) is 7. The van der Waals surface area contributed by atoms with E-state index in [0.717, 1.165) is 25.9 Å². The first-order chi connectivity index (χ1) is 16.9. The van der Waals surface area contributed by atoms with E-state index in [1.807, 2.05) is 11.9 Å². The molecule has 0 bridgehead atoms. The molecule has 2 N–H and O–H groups in total. The Labute approximate surface area is 204 Å². The van der Waals surface area contributed by atoms with E-state index in [-0.39, 0.29) is 19.0 Å². The van der Waals surface area contributed by atoms with Crippen LogP contribution in [0.5, 0.6) is 5.75 Å². The van der Waals surface area contributed by atoms with Gasteiger partial charge in [0.2, 0.25) is 0 Å². The number of hydrogen-bond donors (Lipinski definition) is 2. The fourth-order valence-corrected chi connectivity index (χ4v) is 4.48. The SMILES string of the molecule is CN1CCC[C@H](NC(=O)Oc2ccnc(N3CC[C@@H](F)[C@@H](N(C)C(=O)Nc4ccccn4)C3)c2)C1. The van der Waals surface area contributed by atoms with Gasteiger partial charge in [0, 0.05) is 51.2 Å². The maximum absolute atomic E-state index is 14.8. The Morgan fingerprint density at radius 1 is 1.14 bits per heavy atom. The summed E-state index contributed by atoms with van der Waals surface area (Å²) in [7, 11) is 3.60. The molecule has 2 aromatic heterocycles. The van der Waals surface area contributed by atoms with Gasteiger partial charge >= 0.3 is 12.1 Å². The summed E-state index contributed by atoms with van der Waals surface area (Å²) in [6.07, 6.45) is 3.64. The number of halogens is 1. The topological polar surface area (TPSA) is 103 Å². The first-order valence-corrected chi connectivity index (χ1v) is 11.9. The molecule has 10 nitrogen and oxygen atoms in total. The van der Waals surface area contributed by atoms with E-state index in [1.54, 1.807) is 49.8 Å². The summed E-state index contributed by atoms with van der Waals surface area (Å²) in [4.78, 5) is 39.0. The minimum absolute atomic E-state index is 0.0552. The third-order valence-electron chi connectivity index (χ3n) is 6.42. The Balaban J connectivity index is 1.36. The van der Waals surface area contributed by atoms with Crippen molar-refractivity contribution in [2.24, 2.45) is 0 Å². The van der Waals surface area contributed by atoms with Gasteiger partial charge in [-0.05, 0) is 51.1 Å². The third kappa shape index (κ3) is 6.56. The molecule has 4 heterocycles. The highest BCUT2D eigenvalue weighted by atomic mass is 19.1. The number of urea groups is 1. The van der Waals surface area contributed by atoms with Gasteiger partial charge in [-0.15, -0.1) is 0 Å². The van der Waals surface area contributed by atoms with Gasteiger partial charge < -0.3 is 24.8 Å². The van der Waals surface area contributed by atoms with Crippen LogP contribution in [0.3, 0.4) is 0 Å². The van der Waals surface area contributed by atoms with E-state index in [0.29, 0.717) is 23.9 Å². The number of ether oxygens (including phenoxy) is 1. The normalized spacial score (nSPS) is 22.8. The van der Waals surface area contributed by atoms with Gasteiger partial charge in [0.1, 0.15) is 23.6 Å². The van der Waals surface area contributed by atoms with Crippen molar-refractivity contribution in [2.75, 3.05) is 50.5 Å². The second kappa shape index (κ2) is 11.3. The number of pyridine rings is 2. The number of piperidine rings is 2. The maximum Gasteiger partial charge on any atom is 0.412 e. The molecule has 3 amide bonds. The first-order valence-electron chi connectivity index (χ1n) is 11.9. The van der Waals surface area contributed by atoms with Crippen molar-refractivity contribution in [1.29, 1.82) is 0 Å². The van der Waals surface area contributed by atoms with Crippen LogP contribution in [0.25, 0.3) is 0 Å². The standard InChI is InChI=1S/C24H32FN7O3/c1-30-12-5-6-17(15-30)28-24(34)35-18-8-11-27-22(14-18)32-13-9-19(25)20(16-32)31(2)23(33)29-21-7-3-4-10-26-21/h3-4,7-8,10-11,14,17,19-20H,5-6,9,12-13,15-16H2,1-2H3,(H,28,34)(H,26,29,33)/t17-,19+,20-/m0/s1. The smallest absolute Gasteiger partial charge is 0.410 e. The van der Waals surface area contributed by atoms with Crippen molar-refractivity contribution >= 4 is 23.8 Å². The summed E-state index contributed by atoms with van der Waals surface area (Å²) >= 11 is 0. The second-order valence-corrected chi connectivity index (χ2v) is 9.06. The Morgan fingerprint density at radius 3 is 2.77 bits per heavy atom. The summed E-state index contributed by atoms with van der Waals surface area (Å²) in [5, 5.41) is 5.60. The molecule has 2 aromatic rings. The number of nitrogens with one attached hydrogen (secondary N) is 2. The molecule has 0 aliphatic carbocycles. The van der Waals surface area contributed by atoms with Crippen LogP contribution in [0.1, 0.15) is 19.3 Å². The third-order valence-corrected chi connectivity index (χ3v) is 6.42. The first kappa shape index (κ1) is 24.6. The molecule has 2 saturated heterocycles. The maximum atomic E-state index is 14.8. The lowest BCUT2D eigenvalue weighted by molar-refractivity contribution is 0.133. The zero-order valence-corrected chi connectivity index (χ0v) is 20.1. The molecule has 4 rings (SSSR count). The highest BCUT2D eigenvalue weighted by Crippen LogP contribution is 2.26. The molecule has 11 heteroatoms. The molecule has 0 radical (unpaired) electrons. The predicted molar refractivity (Wildman–Crippen MR) is 130 cm³/mol. The van der Waals surface area contributed by atoms with Crippen molar-refractivity contribution in [3.63, 3.8) is 0 Å². The molecule has 188 valence electrons. The van der Waals surface area contributed by atoms with Crippen molar-refractivity contribution < 1.29 is 18.7 Å². The molecule has 35 heavy (non-hydrogen) atoms. The Morgan fingerprint density at radius 2 is 2.00 bits per heavy atom. The van der Waals surface area contributed by atoms with Gasteiger partial charge in [-0.25, -0.2) is 23.9 Å². The number of carbonyl (C=O) groups is 2. The van der Waals surface area contributed by atoms with Gasteiger partial charge in [-0.1, -0.05) is 6.07 Å². The van der Waals surface area contributed by atoms with Crippen LogP contribution in [0, 0.1) is 0 Å². The molecule has 2 fully saturated rings. The van der Waals surface area contributed by atoms with E-state index in [2.05, 4.69) is 25.5 Å². The van der Waals surface area contributed by atoms with E-state index >= 15 is 0 Å². The Hall–Kier alpha value is -3.47. The monoisotopic (exact) mass is 485 g/mol. The number of aromatic nitrogens is 2. The summed E-state index contributed by atoms with van der Waals surface area (Å²) in [5.74, 6) is 1.32. The van der Waals surface area contributed by atoms with Crippen LogP contribution >= 0.6 is 0 Å². The van der Waals surface area contributed by atoms with E-state index < -0.39 is 24.3 Å².